The Morgan fingerprint density at radius 2 is 2.13 bits per heavy atom. The molecule has 15 heavy (non-hydrogen) atoms. The molecular formula is C11H16N2O2. The van der Waals surface area contributed by atoms with E-state index in [-0.39, 0.29) is 6.42 Å². The van der Waals surface area contributed by atoms with Gasteiger partial charge < -0.3 is 16.2 Å². The molecule has 0 radical (unpaired) electrons. The van der Waals surface area contributed by atoms with Crippen LogP contribution >= 0.6 is 0 Å². The minimum absolute atomic E-state index is 0.129. The van der Waals surface area contributed by atoms with E-state index >= 15 is 0 Å². The lowest BCUT2D eigenvalue weighted by molar-refractivity contribution is -0.118. The molecule has 0 aliphatic heterocycles. The second-order valence-corrected chi connectivity index (χ2v) is 3.25. The van der Waals surface area contributed by atoms with Gasteiger partial charge in [0.25, 0.3) is 0 Å². The summed E-state index contributed by atoms with van der Waals surface area (Å²) < 4.78 is 5.41. The number of rotatable bonds is 5. The normalized spacial score (nSPS) is 12.1. The summed E-state index contributed by atoms with van der Waals surface area (Å²) in [5.41, 5.74) is 11.8. The molecule has 82 valence electrons. The third kappa shape index (κ3) is 3.25. The highest BCUT2D eigenvalue weighted by molar-refractivity contribution is 5.74. The highest BCUT2D eigenvalue weighted by Crippen LogP contribution is 2.25. The van der Waals surface area contributed by atoms with Crippen molar-refractivity contribution in [3.8, 4) is 5.75 Å². The van der Waals surface area contributed by atoms with Crippen molar-refractivity contribution in [2.24, 2.45) is 11.5 Å². The summed E-state index contributed by atoms with van der Waals surface area (Å²) in [6, 6.07) is 7.01. The lowest BCUT2D eigenvalue weighted by Crippen LogP contribution is -2.21. The van der Waals surface area contributed by atoms with Crippen molar-refractivity contribution in [2.45, 2.75) is 19.4 Å². The molecule has 0 heterocycles. The summed E-state index contributed by atoms with van der Waals surface area (Å²) in [4.78, 5) is 10.8. The van der Waals surface area contributed by atoms with Gasteiger partial charge in [-0.05, 0) is 13.0 Å². The van der Waals surface area contributed by atoms with Crippen LogP contribution in [0, 0.1) is 0 Å². The van der Waals surface area contributed by atoms with Crippen LogP contribution in [-0.2, 0) is 4.79 Å². The minimum atomic E-state index is -0.409. The van der Waals surface area contributed by atoms with E-state index in [4.69, 9.17) is 16.2 Å². The number of primary amides is 1. The molecular weight excluding hydrogens is 192 g/mol. The van der Waals surface area contributed by atoms with Crippen LogP contribution in [0.3, 0.4) is 0 Å². The van der Waals surface area contributed by atoms with Gasteiger partial charge >= 0.3 is 0 Å². The Morgan fingerprint density at radius 3 is 2.73 bits per heavy atom. The second-order valence-electron chi connectivity index (χ2n) is 3.25. The molecule has 1 aromatic carbocycles. The maximum atomic E-state index is 10.8. The van der Waals surface area contributed by atoms with E-state index in [0.717, 1.165) is 5.56 Å². The third-order valence-corrected chi connectivity index (χ3v) is 2.04. The van der Waals surface area contributed by atoms with Gasteiger partial charge in [-0.25, -0.2) is 0 Å². The van der Waals surface area contributed by atoms with E-state index < -0.39 is 11.9 Å². The average Bonchev–Trinajstić information content (AvgIpc) is 2.18. The SMILES string of the molecule is CCOc1ccccc1[C@H](N)CC(N)=O. The van der Waals surface area contributed by atoms with E-state index in [0.29, 0.717) is 12.4 Å². The van der Waals surface area contributed by atoms with Crippen molar-refractivity contribution in [3.05, 3.63) is 29.8 Å². The number of nitrogens with two attached hydrogens (primary N) is 2. The molecule has 0 unspecified atom stereocenters. The van der Waals surface area contributed by atoms with Crippen molar-refractivity contribution < 1.29 is 9.53 Å². The second kappa shape index (κ2) is 5.36. The molecule has 0 aromatic heterocycles. The molecule has 1 aromatic rings. The number of carbonyl (C=O) groups is 1. The molecule has 0 saturated heterocycles. The first-order valence-electron chi connectivity index (χ1n) is 4.90. The van der Waals surface area contributed by atoms with Crippen LogP contribution in [0.25, 0.3) is 0 Å². The smallest absolute Gasteiger partial charge is 0.219 e. The fourth-order valence-electron chi connectivity index (χ4n) is 1.40. The van der Waals surface area contributed by atoms with Gasteiger partial charge in [0.15, 0.2) is 0 Å². The fraction of sp³-hybridized carbons (Fsp3) is 0.364. The van der Waals surface area contributed by atoms with Crippen LogP contribution in [0.2, 0.25) is 0 Å². The number of hydrogen-bond donors (Lipinski definition) is 2. The van der Waals surface area contributed by atoms with Gasteiger partial charge in [-0.1, -0.05) is 18.2 Å². The predicted octanol–water partition coefficient (Wildman–Crippen LogP) is 0.960. The van der Waals surface area contributed by atoms with Crippen LogP contribution in [-0.4, -0.2) is 12.5 Å². The zero-order chi connectivity index (χ0) is 11.3. The first-order chi connectivity index (χ1) is 7.15. The van der Waals surface area contributed by atoms with Crippen molar-refractivity contribution >= 4 is 5.91 Å². The van der Waals surface area contributed by atoms with Crippen LogP contribution in [0.5, 0.6) is 5.75 Å². The van der Waals surface area contributed by atoms with Crippen molar-refractivity contribution in [3.63, 3.8) is 0 Å². The average molecular weight is 208 g/mol. The number of para-hydroxylation sites is 1. The van der Waals surface area contributed by atoms with Crippen LogP contribution < -0.4 is 16.2 Å². The molecule has 1 rings (SSSR count). The first-order valence-corrected chi connectivity index (χ1v) is 4.90. The topological polar surface area (TPSA) is 78.3 Å². The Bertz CT molecular complexity index is 339. The van der Waals surface area contributed by atoms with Crippen LogP contribution in [0.1, 0.15) is 24.9 Å². The lowest BCUT2D eigenvalue weighted by Gasteiger charge is -2.14. The van der Waals surface area contributed by atoms with Gasteiger partial charge in [-0.15, -0.1) is 0 Å². The number of benzene rings is 1. The number of carbonyl (C=O) groups excluding carboxylic acids is 1. The Balaban J connectivity index is 2.86. The summed E-state index contributed by atoms with van der Waals surface area (Å²) in [6.07, 6.45) is 0.129. The standard InChI is InChI=1S/C11H16N2O2/c1-2-15-10-6-4-3-5-8(10)9(12)7-11(13)14/h3-6,9H,2,7,12H2,1H3,(H2,13,14)/t9-/m1/s1. The number of hydrogen-bond acceptors (Lipinski definition) is 3. The molecule has 4 N–H and O–H groups in total. The monoisotopic (exact) mass is 208 g/mol. The van der Waals surface area contributed by atoms with E-state index in [1.54, 1.807) is 0 Å². The quantitative estimate of drug-likeness (QED) is 0.756. The maximum Gasteiger partial charge on any atom is 0.219 e. The van der Waals surface area contributed by atoms with Gasteiger partial charge in [0.1, 0.15) is 5.75 Å². The highest BCUT2D eigenvalue weighted by Gasteiger charge is 2.13. The molecule has 1 amide bonds. The van der Waals surface area contributed by atoms with Crippen molar-refractivity contribution in [2.75, 3.05) is 6.61 Å². The first kappa shape index (κ1) is 11.5. The lowest BCUT2D eigenvalue weighted by atomic mass is 10.0. The molecule has 0 bridgehead atoms. The van der Waals surface area contributed by atoms with E-state index in [9.17, 15) is 4.79 Å². The van der Waals surface area contributed by atoms with Gasteiger partial charge in [-0.3, -0.25) is 4.79 Å². The largest absolute Gasteiger partial charge is 0.494 e. The molecule has 1 atom stereocenters. The highest BCUT2D eigenvalue weighted by atomic mass is 16.5. The zero-order valence-corrected chi connectivity index (χ0v) is 8.77. The predicted molar refractivity (Wildman–Crippen MR) is 58.4 cm³/mol. The van der Waals surface area contributed by atoms with E-state index in [2.05, 4.69) is 0 Å². The molecule has 4 nitrogen and oxygen atoms in total. The third-order valence-electron chi connectivity index (χ3n) is 2.04. The minimum Gasteiger partial charge on any atom is -0.494 e. The van der Waals surface area contributed by atoms with Crippen molar-refractivity contribution in [1.29, 1.82) is 0 Å². The summed E-state index contributed by atoms with van der Waals surface area (Å²) in [6.45, 7) is 2.47. The molecule has 4 heteroatoms. The Kier molecular flexibility index (Phi) is 4.12. The van der Waals surface area contributed by atoms with Crippen LogP contribution in [0.4, 0.5) is 0 Å². The Labute approximate surface area is 89.2 Å². The van der Waals surface area contributed by atoms with Crippen LogP contribution in [0.15, 0.2) is 24.3 Å². The van der Waals surface area contributed by atoms with Crippen molar-refractivity contribution in [1.82, 2.24) is 0 Å². The summed E-state index contributed by atoms with van der Waals surface area (Å²) in [5.74, 6) is 0.308. The van der Waals surface area contributed by atoms with Gasteiger partial charge in [0.05, 0.1) is 6.61 Å². The molecule has 0 spiro atoms. The molecule has 0 aliphatic rings. The van der Waals surface area contributed by atoms with Gasteiger partial charge in [0.2, 0.25) is 5.91 Å². The Hall–Kier alpha value is -1.55. The fourth-order valence-corrected chi connectivity index (χ4v) is 1.40. The summed E-state index contributed by atoms with van der Waals surface area (Å²) in [5, 5.41) is 0. The zero-order valence-electron chi connectivity index (χ0n) is 8.77. The molecule has 0 fully saturated rings. The summed E-state index contributed by atoms with van der Waals surface area (Å²) in [7, 11) is 0. The number of ether oxygens (including phenoxy) is 1. The van der Waals surface area contributed by atoms with E-state index in [1.807, 2.05) is 31.2 Å². The number of amides is 1. The van der Waals surface area contributed by atoms with Gasteiger partial charge in [0, 0.05) is 18.0 Å². The molecule has 0 aliphatic carbocycles. The van der Waals surface area contributed by atoms with E-state index in [1.165, 1.54) is 0 Å². The summed E-state index contributed by atoms with van der Waals surface area (Å²) >= 11 is 0. The Morgan fingerprint density at radius 1 is 1.47 bits per heavy atom. The van der Waals surface area contributed by atoms with Gasteiger partial charge in [-0.2, -0.15) is 0 Å². The molecule has 0 saturated carbocycles. The maximum absolute atomic E-state index is 10.8.